The molecule has 4 atom stereocenters. The Morgan fingerprint density at radius 1 is 1.00 bits per heavy atom. The lowest BCUT2D eigenvalue weighted by molar-refractivity contribution is 0.0638. The quantitative estimate of drug-likeness (QED) is 0.484. The highest BCUT2D eigenvalue weighted by Gasteiger charge is 2.48. The van der Waals surface area contributed by atoms with Crippen LogP contribution in [0.3, 0.4) is 0 Å². The topological polar surface area (TPSA) is 40.2 Å². The van der Waals surface area contributed by atoms with Crippen LogP contribution < -0.4 is 0 Å². The minimum Gasteiger partial charge on any atom is -0.374 e. The van der Waals surface area contributed by atoms with E-state index in [2.05, 4.69) is 6.92 Å². The summed E-state index contributed by atoms with van der Waals surface area (Å²) in [5, 5.41) is 0. The van der Waals surface area contributed by atoms with Crippen LogP contribution in [0.2, 0.25) is 6.04 Å². The van der Waals surface area contributed by atoms with Crippen molar-refractivity contribution < 1.29 is 18.0 Å². The normalized spacial score (nSPS) is 30.9. The highest BCUT2D eigenvalue weighted by atomic mass is 28.4. The summed E-state index contributed by atoms with van der Waals surface area (Å²) < 4.78 is 23.6. The maximum absolute atomic E-state index is 5.97. The highest BCUT2D eigenvalue weighted by Crippen LogP contribution is 2.43. The Hall–Kier alpha value is 0.0569. The van der Waals surface area contributed by atoms with Crippen molar-refractivity contribution in [2.45, 2.75) is 65.2 Å². The number of fused-ring (bicyclic) bond motifs is 1. The molecule has 0 aromatic carbocycles. The van der Waals surface area contributed by atoms with E-state index in [9.17, 15) is 0 Å². The fourth-order valence-corrected chi connectivity index (χ4v) is 6.52. The monoisotopic (exact) mass is 302 g/mol. The van der Waals surface area contributed by atoms with E-state index in [1.54, 1.807) is 0 Å². The van der Waals surface area contributed by atoms with Crippen molar-refractivity contribution in [3.8, 4) is 0 Å². The summed E-state index contributed by atoms with van der Waals surface area (Å²) in [6.45, 7) is 10.4. The predicted octanol–water partition coefficient (Wildman–Crippen LogP) is 3.24. The number of hydrogen-bond acceptors (Lipinski definition) is 4. The van der Waals surface area contributed by atoms with Gasteiger partial charge in [0.1, 0.15) is 0 Å². The lowest BCUT2D eigenvalue weighted by Gasteiger charge is -2.34. The average Bonchev–Trinajstić information content (AvgIpc) is 3.17. The molecule has 0 bridgehead atoms. The summed E-state index contributed by atoms with van der Waals surface area (Å²) in [7, 11) is -2.49. The van der Waals surface area contributed by atoms with E-state index in [1.807, 2.05) is 20.8 Å². The van der Waals surface area contributed by atoms with Gasteiger partial charge in [-0.15, -0.1) is 0 Å². The van der Waals surface area contributed by atoms with Crippen LogP contribution in [0.5, 0.6) is 0 Å². The largest absolute Gasteiger partial charge is 0.501 e. The van der Waals surface area contributed by atoms with E-state index in [4.69, 9.17) is 18.0 Å². The van der Waals surface area contributed by atoms with Crippen molar-refractivity contribution in [3.63, 3.8) is 0 Å². The van der Waals surface area contributed by atoms with Gasteiger partial charge >= 0.3 is 8.80 Å². The van der Waals surface area contributed by atoms with E-state index in [0.717, 1.165) is 12.0 Å². The number of hydrogen-bond donors (Lipinski definition) is 0. The summed E-state index contributed by atoms with van der Waals surface area (Å²) >= 11 is 0. The average molecular weight is 302 g/mol. The molecule has 5 heteroatoms. The molecule has 20 heavy (non-hydrogen) atoms. The maximum Gasteiger partial charge on any atom is 0.501 e. The Morgan fingerprint density at radius 2 is 1.60 bits per heavy atom. The van der Waals surface area contributed by atoms with Gasteiger partial charge in [-0.05, 0) is 51.9 Å². The third-order valence-corrected chi connectivity index (χ3v) is 7.84. The molecule has 0 spiro atoms. The Balaban J connectivity index is 1.93. The third kappa shape index (κ3) is 4.04. The first kappa shape index (κ1) is 16.4. The predicted molar refractivity (Wildman–Crippen MR) is 80.6 cm³/mol. The molecule has 4 unspecified atom stereocenters. The zero-order valence-electron chi connectivity index (χ0n) is 13.4. The van der Waals surface area contributed by atoms with Gasteiger partial charge in [-0.2, -0.15) is 0 Å². The minimum absolute atomic E-state index is 0.540. The third-order valence-electron chi connectivity index (χ3n) is 4.51. The molecule has 0 aromatic rings. The van der Waals surface area contributed by atoms with E-state index >= 15 is 0 Å². The van der Waals surface area contributed by atoms with E-state index < -0.39 is 8.80 Å². The number of ether oxygens (including phenoxy) is 1. The summed E-state index contributed by atoms with van der Waals surface area (Å²) in [4.78, 5) is 0. The maximum atomic E-state index is 5.97. The van der Waals surface area contributed by atoms with Crippen molar-refractivity contribution >= 4 is 8.80 Å². The molecule has 1 heterocycles. The second-order valence-corrected chi connectivity index (χ2v) is 8.59. The van der Waals surface area contributed by atoms with Crippen LogP contribution in [0, 0.1) is 11.8 Å². The molecule has 0 aromatic heterocycles. The second-order valence-electron chi connectivity index (χ2n) is 5.95. The summed E-state index contributed by atoms with van der Waals surface area (Å²) in [6.07, 6.45) is 4.83. The van der Waals surface area contributed by atoms with Crippen molar-refractivity contribution in [1.82, 2.24) is 0 Å². The molecule has 1 aliphatic carbocycles. The SMILES string of the molecule is CCO[Si](CC(C)C1CCC2OC2C1)(OCC)OCC. The van der Waals surface area contributed by atoms with Crippen molar-refractivity contribution in [3.05, 3.63) is 0 Å². The number of rotatable bonds is 9. The van der Waals surface area contributed by atoms with Crippen molar-refractivity contribution in [2.75, 3.05) is 19.8 Å². The van der Waals surface area contributed by atoms with Crippen LogP contribution in [-0.4, -0.2) is 40.8 Å². The molecule has 0 N–H and O–H groups in total. The highest BCUT2D eigenvalue weighted by molar-refractivity contribution is 6.60. The van der Waals surface area contributed by atoms with Crippen molar-refractivity contribution in [1.29, 1.82) is 0 Å². The molecule has 1 saturated heterocycles. The Kier molecular flexibility index (Phi) is 6.04. The van der Waals surface area contributed by atoms with Gasteiger partial charge in [-0.1, -0.05) is 6.92 Å². The Morgan fingerprint density at radius 3 is 2.10 bits per heavy atom. The van der Waals surface area contributed by atoms with E-state index in [-0.39, 0.29) is 0 Å². The summed E-state index contributed by atoms with van der Waals surface area (Å²) in [5.41, 5.74) is 0. The van der Waals surface area contributed by atoms with E-state index in [1.165, 1.54) is 19.3 Å². The first-order chi connectivity index (χ1) is 9.64. The minimum atomic E-state index is -2.49. The summed E-state index contributed by atoms with van der Waals surface area (Å²) in [6, 6.07) is 0.935. The van der Waals surface area contributed by atoms with Crippen molar-refractivity contribution in [2.24, 2.45) is 11.8 Å². The Bertz CT molecular complexity index is 283. The lowest BCUT2D eigenvalue weighted by atomic mass is 9.82. The first-order valence-corrected chi connectivity index (χ1v) is 10.1. The molecule has 2 aliphatic rings. The molecule has 1 saturated carbocycles. The van der Waals surface area contributed by atoms with Gasteiger partial charge < -0.3 is 18.0 Å². The van der Waals surface area contributed by atoms with Gasteiger partial charge in [-0.3, -0.25) is 0 Å². The molecule has 2 rings (SSSR count). The zero-order chi connectivity index (χ0) is 14.6. The van der Waals surface area contributed by atoms with Crippen LogP contribution >= 0.6 is 0 Å². The first-order valence-electron chi connectivity index (χ1n) is 8.21. The molecule has 4 nitrogen and oxygen atoms in total. The zero-order valence-corrected chi connectivity index (χ0v) is 14.4. The van der Waals surface area contributed by atoms with Crippen LogP contribution in [-0.2, 0) is 18.0 Å². The molecular weight excluding hydrogens is 272 g/mol. The van der Waals surface area contributed by atoms with Gasteiger partial charge in [0.05, 0.1) is 12.2 Å². The van der Waals surface area contributed by atoms with Crippen LogP contribution in [0.4, 0.5) is 0 Å². The molecule has 0 radical (unpaired) electrons. The van der Waals surface area contributed by atoms with Gasteiger partial charge in [0.25, 0.3) is 0 Å². The summed E-state index contributed by atoms with van der Waals surface area (Å²) in [5.74, 6) is 1.31. The standard InChI is InChI=1S/C15H30O4Si/c1-5-16-20(17-6-2,18-7-3)11-12(4)13-8-9-14-15(10-13)19-14/h12-15H,5-11H2,1-4H3. The van der Waals surface area contributed by atoms with Gasteiger partial charge in [-0.25, -0.2) is 0 Å². The molecule has 2 fully saturated rings. The van der Waals surface area contributed by atoms with Crippen LogP contribution in [0.25, 0.3) is 0 Å². The smallest absolute Gasteiger partial charge is 0.374 e. The van der Waals surface area contributed by atoms with Crippen LogP contribution in [0.15, 0.2) is 0 Å². The van der Waals surface area contributed by atoms with E-state index in [0.29, 0.717) is 37.9 Å². The molecule has 0 amide bonds. The lowest BCUT2D eigenvalue weighted by Crippen LogP contribution is -2.48. The van der Waals surface area contributed by atoms with Crippen LogP contribution in [0.1, 0.15) is 47.0 Å². The fourth-order valence-electron chi connectivity index (χ4n) is 3.47. The second kappa shape index (κ2) is 7.36. The number of epoxide rings is 1. The molecule has 1 aliphatic heterocycles. The molecule has 118 valence electrons. The van der Waals surface area contributed by atoms with Gasteiger partial charge in [0.2, 0.25) is 0 Å². The Labute approximate surface area is 124 Å². The molecular formula is C15H30O4Si. The fraction of sp³-hybridized carbons (Fsp3) is 1.00. The van der Waals surface area contributed by atoms with Gasteiger partial charge in [0.15, 0.2) is 0 Å². The van der Waals surface area contributed by atoms with Gasteiger partial charge in [0, 0.05) is 25.9 Å².